The highest BCUT2D eigenvalue weighted by Crippen LogP contribution is 2.13. The molecule has 108 valence electrons. The molecule has 1 aromatic carbocycles. The molecule has 0 saturated heterocycles. The molecule has 1 aromatic rings. The van der Waals surface area contributed by atoms with Crippen LogP contribution in [0.25, 0.3) is 0 Å². The van der Waals surface area contributed by atoms with E-state index in [2.05, 4.69) is 5.32 Å². The van der Waals surface area contributed by atoms with Gasteiger partial charge in [0.2, 0.25) is 0 Å². The Morgan fingerprint density at radius 2 is 1.85 bits per heavy atom. The Morgan fingerprint density at radius 1 is 1.25 bits per heavy atom. The van der Waals surface area contributed by atoms with Crippen LogP contribution in [0.2, 0.25) is 0 Å². The van der Waals surface area contributed by atoms with Crippen molar-refractivity contribution in [2.75, 3.05) is 0 Å². The van der Waals surface area contributed by atoms with Gasteiger partial charge in [-0.3, -0.25) is 4.79 Å². The summed E-state index contributed by atoms with van der Waals surface area (Å²) in [5, 5.41) is 2.70. The van der Waals surface area contributed by atoms with Crippen molar-refractivity contribution in [2.45, 2.75) is 32.9 Å². The number of hydrogen-bond acceptors (Lipinski definition) is 3. The van der Waals surface area contributed by atoms with Crippen molar-refractivity contribution in [3.05, 3.63) is 47.8 Å². The van der Waals surface area contributed by atoms with Gasteiger partial charge in [0, 0.05) is 6.08 Å². The minimum absolute atomic E-state index is 0.300. The van der Waals surface area contributed by atoms with Crippen molar-refractivity contribution in [3.8, 4) is 0 Å². The van der Waals surface area contributed by atoms with E-state index < -0.39 is 18.0 Å². The number of amides is 1. The van der Waals surface area contributed by atoms with Crippen molar-refractivity contribution in [1.82, 2.24) is 5.32 Å². The van der Waals surface area contributed by atoms with E-state index in [1.54, 1.807) is 26.0 Å². The minimum atomic E-state index is -0.887. The van der Waals surface area contributed by atoms with Crippen LogP contribution in [0.3, 0.4) is 0 Å². The molecule has 0 saturated carbocycles. The highest BCUT2D eigenvalue weighted by atomic mass is 19.1. The number of carbonyl (C=O) groups excluding carboxylic acids is 2. The van der Waals surface area contributed by atoms with Crippen LogP contribution < -0.4 is 5.32 Å². The van der Waals surface area contributed by atoms with Gasteiger partial charge in [-0.1, -0.05) is 18.2 Å². The molecule has 0 fully saturated rings. The quantitative estimate of drug-likeness (QED) is 0.665. The first-order valence-electron chi connectivity index (χ1n) is 6.33. The van der Waals surface area contributed by atoms with E-state index in [9.17, 15) is 14.0 Å². The zero-order chi connectivity index (χ0) is 15.1. The highest BCUT2D eigenvalue weighted by Gasteiger charge is 2.18. The molecule has 1 N–H and O–H groups in total. The van der Waals surface area contributed by atoms with Gasteiger partial charge >= 0.3 is 5.97 Å². The van der Waals surface area contributed by atoms with Crippen LogP contribution in [0.4, 0.5) is 4.39 Å². The number of rotatable bonds is 5. The van der Waals surface area contributed by atoms with Crippen molar-refractivity contribution in [1.29, 1.82) is 0 Å². The smallest absolute Gasteiger partial charge is 0.331 e. The average Bonchev–Trinajstić information content (AvgIpc) is 2.39. The van der Waals surface area contributed by atoms with Gasteiger partial charge in [-0.15, -0.1) is 0 Å². The number of hydrogen-bond donors (Lipinski definition) is 1. The van der Waals surface area contributed by atoms with Crippen LogP contribution in [-0.2, 0) is 14.3 Å². The molecule has 2 atom stereocenters. The van der Waals surface area contributed by atoms with Gasteiger partial charge in [-0.2, -0.15) is 0 Å². The summed E-state index contributed by atoms with van der Waals surface area (Å²) >= 11 is 0. The molecular weight excluding hydrogens is 261 g/mol. The summed E-state index contributed by atoms with van der Waals surface area (Å²) in [7, 11) is 0. The standard InChI is InChI=1S/C15H18FNO3/c1-4-5-14(18)20-11(3)15(19)17-10(2)12-6-8-13(16)9-7-12/h4-11H,1-3H3,(H,17,19)/b5-4+. The van der Waals surface area contributed by atoms with Crippen LogP contribution in [0.1, 0.15) is 32.4 Å². The number of allylic oxidation sites excluding steroid dienone is 1. The second-order valence-corrected chi connectivity index (χ2v) is 4.36. The van der Waals surface area contributed by atoms with E-state index in [1.165, 1.54) is 31.2 Å². The Labute approximate surface area is 117 Å². The Morgan fingerprint density at radius 3 is 2.40 bits per heavy atom. The maximum atomic E-state index is 12.8. The predicted molar refractivity (Wildman–Crippen MR) is 73.3 cm³/mol. The summed E-state index contributed by atoms with van der Waals surface area (Å²) in [6.07, 6.45) is 1.89. The number of benzene rings is 1. The second kappa shape index (κ2) is 7.43. The van der Waals surface area contributed by atoms with E-state index >= 15 is 0 Å². The first-order chi connectivity index (χ1) is 9.43. The van der Waals surface area contributed by atoms with Crippen molar-refractivity contribution in [3.63, 3.8) is 0 Å². The molecule has 0 radical (unpaired) electrons. The summed E-state index contributed by atoms with van der Waals surface area (Å²) in [4.78, 5) is 23.1. The van der Waals surface area contributed by atoms with Gasteiger partial charge < -0.3 is 10.1 Å². The molecule has 20 heavy (non-hydrogen) atoms. The molecule has 5 heteroatoms. The molecule has 4 nitrogen and oxygen atoms in total. The largest absolute Gasteiger partial charge is 0.449 e. The average molecular weight is 279 g/mol. The number of ether oxygens (including phenoxy) is 1. The molecule has 0 heterocycles. The summed E-state index contributed by atoms with van der Waals surface area (Å²) in [5.41, 5.74) is 0.770. The number of esters is 1. The van der Waals surface area contributed by atoms with Crippen molar-refractivity contribution < 1.29 is 18.7 Å². The minimum Gasteiger partial charge on any atom is -0.449 e. The third-order valence-electron chi connectivity index (χ3n) is 2.69. The second-order valence-electron chi connectivity index (χ2n) is 4.36. The lowest BCUT2D eigenvalue weighted by Crippen LogP contribution is -2.37. The highest BCUT2D eigenvalue weighted by molar-refractivity contribution is 5.87. The number of nitrogens with one attached hydrogen (secondary N) is 1. The lowest BCUT2D eigenvalue weighted by molar-refractivity contribution is -0.150. The van der Waals surface area contributed by atoms with Gasteiger partial charge in [0.05, 0.1) is 6.04 Å². The van der Waals surface area contributed by atoms with Crippen molar-refractivity contribution in [2.24, 2.45) is 0 Å². The van der Waals surface area contributed by atoms with Crippen LogP contribution in [0, 0.1) is 5.82 Å². The maximum Gasteiger partial charge on any atom is 0.331 e. The Hall–Kier alpha value is -2.17. The van der Waals surface area contributed by atoms with E-state index in [0.717, 1.165) is 5.56 Å². The summed E-state index contributed by atoms with van der Waals surface area (Å²) < 4.78 is 17.7. The Kier molecular flexibility index (Phi) is 5.90. The van der Waals surface area contributed by atoms with Crippen LogP contribution >= 0.6 is 0 Å². The normalized spacial score (nSPS) is 13.8. The van der Waals surface area contributed by atoms with Crippen LogP contribution in [0.15, 0.2) is 36.4 Å². The van der Waals surface area contributed by atoms with E-state index in [1.807, 2.05) is 0 Å². The first kappa shape index (κ1) is 15.9. The molecule has 0 aliphatic carbocycles. The molecule has 0 bridgehead atoms. The monoisotopic (exact) mass is 279 g/mol. The predicted octanol–water partition coefficient (Wildman–Crippen LogP) is 2.51. The molecule has 0 aromatic heterocycles. The van der Waals surface area contributed by atoms with E-state index in [4.69, 9.17) is 4.74 Å². The fourth-order valence-corrected chi connectivity index (χ4v) is 1.57. The lowest BCUT2D eigenvalue weighted by Gasteiger charge is -2.17. The van der Waals surface area contributed by atoms with Gasteiger partial charge in [-0.25, -0.2) is 9.18 Å². The Balaban J connectivity index is 2.56. The lowest BCUT2D eigenvalue weighted by atomic mass is 10.1. The molecule has 1 amide bonds. The zero-order valence-electron chi connectivity index (χ0n) is 11.7. The third kappa shape index (κ3) is 4.84. The summed E-state index contributed by atoms with van der Waals surface area (Å²) in [6, 6.07) is 5.54. The Bertz CT molecular complexity index is 496. The molecular formula is C15H18FNO3. The molecule has 2 unspecified atom stereocenters. The fraction of sp³-hybridized carbons (Fsp3) is 0.333. The van der Waals surface area contributed by atoms with Gasteiger partial charge in [0.25, 0.3) is 5.91 Å². The first-order valence-corrected chi connectivity index (χ1v) is 6.33. The summed E-state index contributed by atoms with van der Waals surface area (Å²) in [5.74, 6) is -1.30. The zero-order valence-corrected chi connectivity index (χ0v) is 11.7. The fourth-order valence-electron chi connectivity index (χ4n) is 1.57. The van der Waals surface area contributed by atoms with Gasteiger partial charge in [0.1, 0.15) is 5.82 Å². The topological polar surface area (TPSA) is 55.4 Å². The molecule has 0 spiro atoms. The molecule has 0 aliphatic rings. The van der Waals surface area contributed by atoms with Crippen LogP contribution in [-0.4, -0.2) is 18.0 Å². The van der Waals surface area contributed by atoms with E-state index in [-0.39, 0.29) is 11.9 Å². The van der Waals surface area contributed by atoms with Gasteiger partial charge in [0.15, 0.2) is 6.10 Å². The SMILES string of the molecule is C/C=C/C(=O)OC(C)C(=O)NC(C)c1ccc(F)cc1. The van der Waals surface area contributed by atoms with Crippen molar-refractivity contribution >= 4 is 11.9 Å². The third-order valence-corrected chi connectivity index (χ3v) is 2.69. The summed E-state index contributed by atoms with van der Waals surface area (Å²) in [6.45, 7) is 4.95. The van der Waals surface area contributed by atoms with Crippen LogP contribution in [0.5, 0.6) is 0 Å². The number of carbonyl (C=O) groups is 2. The maximum absolute atomic E-state index is 12.8. The molecule has 0 aliphatic heterocycles. The van der Waals surface area contributed by atoms with E-state index in [0.29, 0.717) is 0 Å². The molecule has 1 rings (SSSR count). The van der Waals surface area contributed by atoms with Gasteiger partial charge in [-0.05, 0) is 38.5 Å². The number of halogens is 1.